The zero-order valence-electron chi connectivity index (χ0n) is 19.8. The van der Waals surface area contributed by atoms with Crippen LogP contribution in [0.5, 0.6) is 5.88 Å². The van der Waals surface area contributed by atoms with E-state index in [1.165, 1.54) is 25.7 Å². The van der Waals surface area contributed by atoms with Crippen LogP contribution in [0.3, 0.4) is 0 Å². The zero-order chi connectivity index (χ0) is 23.6. The number of carbonyl (C=O) groups excluding carboxylic acids is 1. The number of aliphatic carboxylic acids is 1. The molecule has 2 N–H and O–H groups in total. The van der Waals surface area contributed by atoms with Gasteiger partial charge in [0, 0.05) is 31.6 Å². The number of hydrogen-bond donors (Lipinski definition) is 2. The fraction of sp³-hybridized carbons (Fsp3) is 0.600. The molecule has 1 fully saturated rings. The summed E-state index contributed by atoms with van der Waals surface area (Å²) in [4.78, 5) is 35.5. The molecule has 180 valence electrons. The average molecular weight is 457 g/mol. The van der Waals surface area contributed by atoms with E-state index in [1.54, 1.807) is 31.5 Å². The molecule has 0 aromatic carbocycles. The molecule has 8 nitrogen and oxygen atoms in total. The molecule has 1 amide bonds. The summed E-state index contributed by atoms with van der Waals surface area (Å²) >= 11 is 0. The van der Waals surface area contributed by atoms with E-state index < -0.39 is 5.97 Å². The third kappa shape index (κ3) is 7.39. The fourth-order valence-electron chi connectivity index (χ4n) is 4.68. The van der Waals surface area contributed by atoms with Crippen molar-refractivity contribution in [3.8, 4) is 5.88 Å². The number of likely N-dealkylation sites (tertiary alicyclic amines) is 1. The Morgan fingerprint density at radius 2 is 1.97 bits per heavy atom. The molecule has 8 heteroatoms. The minimum absolute atomic E-state index is 0.0231. The number of unbranched alkanes of at least 4 members (excludes halogenated alkanes) is 4. The van der Waals surface area contributed by atoms with Crippen LogP contribution < -0.4 is 10.1 Å². The number of carboxylic acid groups (broad SMARTS) is 1. The lowest BCUT2D eigenvalue weighted by atomic mass is 9.81. The highest BCUT2D eigenvalue weighted by molar-refractivity contribution is 5.99. The second kappa shape index (κ2) is 12.5. The van der Waals surface area contributed by atoms with Crippen LogP contribution in [0.15, 0.2) is 24.4 Å². The Balaban J connectivity index is 1.60. The van der Waals surface area contributed by atoms with Gasteiger partial charge < -0.3 is 20.1 Å². The minimum atomic E-state index is -0.799. The molecule has 1 aliphatic rings. The summed E-state index contributed by atoms with van der Waals surface area (Å²) in [5.74, 6) is -0.445. The largest absolute Gasteiger partial charge is 0.481 e. The van der Waals surface area contributed by atoms with E-state index in [2.05, 4.69) is 27.1 Å². The third-order valence-corrected chi connectivity index (χ3v) is 6.48. The molecular weight excluding hydrogens is 420 g/mol. The number of nitrogens with one attached hydrogen (secondary N) is 1. The van der Waals surface area contributed by atoms with Gasteiger partial charge in [0.25, 0.3) is 0 Å². The van der Waals surface area contributed by atoms with Crippen molar-refractivity contribution in [2.75, 3.05) is 32.1 Å². The van der Waals surface area contributed by atoms with Crippen LogP contribution >= 0.6 is 0 Å². The fourth-order valence-corrected chi connectivity index (χ4v) is 4.68. The second-order valence-corrected chi connectivity index (χ2v) is 8.95. The number of aromatic nitrogens is 2. The van der Waals surface area contributed by atoms with Crippen molar-refractivity contribution in [1.29, 1.82) is 0 Å². The van der Waals surface area contributed by atoms with Gasteiger partial charge in [0.2, 0.25) is 11.8 Å². The molecule has 2 atom stereocenters. The highest BCUT2D eigenvalue weighted by Crippen LogP contribution is 2.30. The van der Waals surface area contributed by atoms with Gasteiger partial charge in [0.05, 0.1) is 18.3 Å². The maximum Gasteiger partial charge on any atom is 0.303 e. The van der Waals surface area contributed by atoms with E-state index in [0.717, 1.165) is 32.5 Å². The van der Waals surface area contributed by atoms with Crippen LogP contribution in [0.25, 0.3) is 11.0 Å². The smallest absolute Gasteiger partial charge is 0.303 e. The van der Waals surface area contributed by atoms with Crippen molar-refractivity contribution in [3.63, 3.8) is 0 Å². The number of piperidine rings is 1. The number of pyridine rings is 2. The third-order valence-electron chi connectivity index (χ3n) is 6.48. The maximum atomic E-state index is 12.9. The molecule has 1 saturated heterocycles. The number of ether oxygens (including phenoxy) is 1. The SMILES string of the molecule is CCCCCCCN1CC[C@@H](CC(=O)Nc2ccnc3ccc(OC)nc23)[C@@H](CC(=O)O)C1. The van der Waals surface area contributed by atoms with E-state index >= 15 is 0 Å². The maximum absolute atomic E-state index is 12.9. The first kappa shape index (κ1) is 24.9. The van der Waals surface area contributed by atoms with Crippen LogP contribution in [0.4, 0.5) is 5.69 Å². The van der Waals surface area contributed by atoms with Gasteiger partial charge in [-0.05, 0) is 49.9 Å². The van der Waals surface area contributed by atoms with Crippen LogP contribution in [0.2, 0.25) is 0 Å². The number of fused-ring (bicyclic) bond motifs is 1. The monoisotopic (exact) mass is 456 g/mol. The van der Waals surface area contributed by atoms with Crippen LogP contribution in [0.1, 0.15) is 58.3 Å². The molecule has 0 radical (unpaired) electrons. The van der Waals surface area contributed by atoms with Gasteiger partial charge in [-0.2, -0.15) is 0 Å². The van der Waals surface area contributed by atoms with Crippen LogP contribution in [-0.2, 0) is 9.59 Å². The van der Waals surface area contributed by atoms with Gasteiger partial charge in [0.1, 0.15) is 5.52 Å². The Hall–Kier alpha value is -2.74. The van der Waals surface area contributed by atoms with Gasteiger partial charge in [0.15, 0.2) is 0 Å². The Morgan fingerprint density at radius 3 is 2.73 bits per heavy atom. The predicted molar refractivity (Wildman–Crippen MR) is 128 cm³/mol. The summed E-state index contributed by atoms with van der Waals surface area (Å²) in [6.07, 6.45) is 9.01. The molecule has 0 spiro atoms. The molecule has 0 aliphatic carbocycles. The lowest BCUT2D eigenvalue weighted by Crippen LogP contribution is -2.42. The van der Waals surface area contributed by atoms with Crippen molar-refractivity contribution in [2.45, 2.75) is 58.3 Å². The molecule has 0 unspecified atom stereocenters. The van der Waals surface area contributed by atoms with Crippen molar-refractivity contribution >= 4 is 28.6 Å². The van der Waals surface area contributed by atoms with Gasteiger partial charge >= 0.3 is 5.97 Å². The summed E-state index contributed by atoms with van der Waals surface area (Å²) < 4.78 is 5.20. The molecule has 2 aromatic heterocycles. The number of hydrogen-bond acceptors (Lipinski definition) is 6. The number of carboxylic acids is 1. The van der Waals surface area contributed by atoms with Gasteiger partial charge in [-0.1, -0.05) is 32.6 Å². The van der Waals surface area contributed by atoms with Crippen molar-refractivity contribution < 1.29 is 19.4 Å². The average Bonchev–Trinajstić information content (AvgIpc) is 2.80. The highest BCUT2D eigenvalue weighted by atomic mass is 16.5. The first-order chi connectivity index (χ1) is 16.0. The van der Waals surface area contributed by atoms with E-state index in [1.807, 2.05) is 0 Å². The van der Waals surface area contributed by atoms with Gasteiger partial charge in [-0.15, -0.1) is 0 Å². The molecule has 0 bridgehead atoms. The summed E-state index contributed by atoms with van der Waals surface area (Å²) in [6.45, 7) is 4.88. The van der Waals surface area contributed by atoms with Crippen LogP contribution in [0, 0.1) is 11.8 Å². The Labute approximate surface area is 195 Å². The van der Waals surface area contributed by atoms with E-state index in [-0.39, 0.29) is 24.2 Å². The quantitative estimate of drug-likeness (QED) is 0.458. The van der Waals surface area contributed by atoms with Gasteiger partial charge in [-0.25, -0.2) is 4.98 Å². The topological polar surface area (TPSA) is 105 Å². The Bertz CT molecular complexity index is 936. The lowest BCUT2D eigenvalue weighted by molar-refractivity contribution is -0.139. The summed E-state index contributed by atoms with van der Waals surface area (Å²) in [5, 5.41) is 12.4. The second-order valence-electron chi connectivity index (χ2n) is 8.95. The predicted octanol–water partition coefficient (Wildman–Crippen LogP) is 4.35. The number of methoxy groups -OCH3 is 1. The molecule has 0 saturated carbocycles. The molecule has 3 rings (SSSR count). The number of anilines is 1. The lowest BCUT2D eigenvalue weighted by Gasteiger charge is -2.38. The normalized spacial score (nSPS) is 18.8. The molecule has 3 heterocycles. The summed E-state index contributed by atoms with van der Waals surface area (Å²) in [7, 11) is 1.54. The summed E-state index contributed by atoms with van der Waals surface area (Å²) in [6, 6.07) is 5.26. The van der Waals surface area contributed by atoms with Crippen molar-refractivity contribution in [2.24, 2.45) is 11.8 Å². The number of carbonyl (C=O) groups is 2. The standard InChI is InChI=1S/C25H36N4O4/c1-3-4-5-6-7-13-29-14-11-18(19(17-29)16-24(31)32)15-22(30)27-21-10-12-26-20-8-9-23(33-2)28-25(20)21/h8-10,12,18-19H,3-7,11,13-17H2,1-2H3,(H,31,32)(H,26,27,30)/t18-,19-/m0/s1. The highest BCUT2D eigenvalue weighted by Gasteiger charge is 2.32. The first-order valence-corrected chi connectivity index (χ1v) is 12.0. The Morgan fingerprint density at radius 1 is 1.15 bits per heavy atom. The van der Waals surface area contributed by atoms with Crippen LogP contribution in [-0.4, -0.2) is 58.6 Å². The molecule has 2 aromatic rings. The molecule has 33 heavy (non-hydrogen) atoms. The number of rotatable bonds is 12. The Kier molecular flexibility index (Phi) is 9.42. The zero-order valence-corrected chi connectivity index (χ0v) is 19.8. The van der Waals surface area contributed by atoms with Crippen molar-refractivity contribution in [3.05, 3.63) is 24.4 Å². The van der Waals surface area contributed by atoms with Crippen molar-refractivity contribution in [1.82, 2.24) is 14.9 Å². The summed E-state index contributed by atoms with van der Waals surface area (Å²) in [5.41, 5.74) is 1.83. The molecule has 1 aliphatic heterocycles. The van der Waals surface area contributed by atoms with Gasteiger partial charge in [-0.3, -0.25) is 14.6 Å². The van der Waals surface area contributed by atoms with E-state index in [9.17, 15) is 14.7 Å². The number of amides is 1. The first-order valence-electron chi connectivity index (χ1n) is 12.0. The minimum Gasteiger partial charge on any atom is -0.481 e. The number of nitrogens with zero attached hydrogens (tertiary/aromatic N) is 3. The van der Waals surface area contributed by atoms with E-state index in [0.29, 0.717) is 29.0 Å². The molecular formula is C25H36N4O4. The van der Waals surface area contributed by atoms with E-state index in [4.69, 9.17) is 4.74 Å².